The summed E-state index contributed by atoms with van der Waals surface area (Å²) < 4.78 is 32.3. The Morgan fingerprint density at radius 2 is 1.73 bits per heavy atom. The van der Waals surface area contributed by atoms with Gasteiger partial charge in [-0.15, -0.1) is 0 Å². The van der Waals surface area contributed by atoms with Crippen LogP contribution in [0.2, 0.25) is 0 Å². The lowest BCUT2D eigenvalue weighted by Gasteiger charge is -2.20. The molecule has 6 nitrogen and oxygen atoms in total. The maximum atomic E-state index is 13.2. The Bertz CT molecular complexity index is 1150. The molecular formula is C23H23NO5S. The second-order valence-corrected chi connectivity index (χ2v) is 9.55. The normalized spacial score (nSPS) is 20.3. The first-order valence-corrected chi connectivity index (χ1v) is 11.3. The van der Waals surface area contributed by atoms with Crippen molar-refractivity contribution in [2.45, 2.75) is 35.3 Å². The minimum atomic E-state index is -4.08. The van der Waals surface area contributed by atoms with Crippen molar-refractivity contribution in [3.8, 4) is 0 Å². The summed E-state index contributed by atoms with van der Waals surface area (Å²) in [6, 6.07) is 21.0. The Kier molecular flexibility index (Phi) is 5.85. The molecule has 7 heteroatoms. The molecule has 0 bridgehead atoms. The average molecular weight is 426 g/mol. The number of fused-ring (bicyclic) bond motifs is 1. The van der Waals surface area contributed by atoms with E-state index in [1.165, 1.54) is 6.07 Å². The number of benzene rings is 3. The Balaban J connectivity index is 1.52. The predicted molar refractivity (Wildman–Crippen MR) is 114 cm³/mol. The third-order valence-electron chi connectivity index (χ3n) is 5.45. The molecule has 1 heterocycles. The van der Waals surface area contributed by atoms with Crippen LogP contribution in [0.3, 0.4) is 0 Å². The van der Waals surface area contributed by atoms with E-state index in [1.807, 2.05) is 54.6 Å². The summed E-state index contributed by atoms with van der Waals surface area (Å²) in [7, 11) is -4.08. The summed E-state index contributed by atoms with van der Waals surface area (Å²) in [4.78, 5) is 12.0. The van der Waals surface area contributed by atoms with Gasteiger partial charge in [-0.3, -0.25) is 4.79 Å². The van der Waals surface area contributed by atoms with E-state index in [1.54, 1.807) is 12.1 Å². The van der Waals surface area contributed by atoms with Gasteiger partial charge in [-0.1, -0.05) is 60.7 Å². The highest BCUT2D eigenvalue weighted by molar-refractivity contribution is 7.92. The lowest BCUT2D eigenvalue weighted by Crippen LogP contribution is -2.45. The number of hydrogen-bond donors (Lipinski definition) is 2. The largest absolute Gasteiger partial charge is 0.480 e. The Morgan fingerprint density at radius 1 is 1.03 bits per heavy atom. The molecule has 0 saturated carbocycles. The number of sulfone groups is 1. The van der Waals surface area contributed by atoms with Crippen LogP contribution in [-0.4, -0.2) is 43.4 Å². The smallest absolute Gasteiger partial charge is 0.323 e. The summed E-state index contributed by atoms with van der Waals surface area (Å²) in [6.45, 7) is 0.809. The molecule has 1 fully saturated rings. The van der Waals surface area contributed by atoms with Crippen LogP contribution in [0.1, 0.15) is 12.0 Å². The van der Waals surface area contributed by atoms with E-state index in [0.29, 0.717) is 19.6 Å². The molecule has 1 saturated heterocycles. The van der Waals surface area contributed by atoms with Crippen molar-refractivity contribution in [3.05, 3.63) is 78.4 Å². The number of carboxylic acids is 1. The Labute approximate surface area is 175 Å². The summed E-state index contributed by atoms with van der Waals surface area (Å²) in [5.41, 5.74) is 1.01. The summed E-state index contributed by atoms with van der Waals surface area (Å²) in [6.07, 6.45) is 0.0697. The summed E-state index contributed by atoms with van der Waals surface area (Å²) in [5, 5.41) is 12.9. The standard InChI is InChI=1S/C23H23NO5S/c25-23(26)22(21-13-19(14-24-21)29-15-16-6-2-1-3-7-16)30(27,28)20-11-10-17-8-4-5-9-18(17)12-20/h1-12,19,21-22,24H,13-15H2,(H,25,26). The fourth-order valence-electron chi connectivity index (χ4n) is 3.89. The van der Waals surface area contributed by atoms with E-state index in [0.717, 1.165) is 16.3 Å². The van der Waals surface area contributed by atoms with Crippen LogP contribution in [0, 0.1) is 0 Å². The minimum Gasteiger partial charge on any atom is -0.480 e. The highest BCUT2D eigenvalue weighted by Crippen LogP contribution is 2.27. The van der Waals surface area contributed by atoms with Gasteiger partial charge in [0.2, 0.25) is 0 Å². The maximum Gasteiger partial charge on any atom is 0.323 e. The average Bonchev–Trinajstić information content (AvgIpc) is 3.20. The van der Waals surface area contributed by atoms with E-state index in [-0.39, 0.29) is 11.0 Å². The SMILES string of the molecule is O=C(O)C(C1CC(OCc2ccccc2)CN1)S(=O)(=O)c1ccc2ccccc2c1. The molecule has 4 rings (SSSR count). The molecule has 3 aromatic carbocycles. The first-order valence-electron chi connectivity index (χ1n) is 9.79. The first-order chi connectivity index (χ1) is 14.4. The van der Waals surface area contributed by atoms with Crippen molar-refractivity contribution in [2.75, 3.05) is 6.54 Å². The van der Waals surface area contributed by atoms with Crippen LogP contribution >= 0.6 is 0 Å². The van der Waals surface area contributed by atoms with Gasteiger partial charge in [0.1, 0.15) is 0 Å². The maximum absolute atomic E-state index is 13.2. The lowest BCUT2D eigenvalue weighted by atomic mass is 10.1. The highest BCUT2D eigenvalue weighted by Gasteiger charge is 2.44. The zero-order valence-electron chi connectivity index (χ0n) is 16.3. The molecule has 0 aromatic heterocycles. The summed E-state index contributed by atoms with van der Waals surface area (Å²) >= 11 is 0. The van der Waals surface area contributed by atoms with E-state index in [9.17, 15) is 18.3 Å². The number of ether oxygens (including phenoxy) is 1. The van der Waals surface area contributed by atoms with E-state index in [4.69, 9.17) is 4.74 Å². The zero-order chi connectivity index (χ0) is 21.1. The number of nitrogens with one attached hydrogen (secondary N) is 1. The molecule has 2 N–H and O–H groups in total. The van der Waals surface area contributed by atoms with Gasteiger partial charge >= 0.3 is 5.97 Å². The van der Waals surface area contributed by atoms with Gasteiger partial charge in [0.25, 0.3) is 0 Å². The molecule has 3 atom stereocenters. The molecule has 30 heavy (non-hydrogen) atoms. The van der Waals surface area contributed by atoms with Crippen LogP contribution in [0.4, 0.5) is 0 Å². The van der Waals surface area contributed by atoms with E-state index >= 15 is 0 Å². The number of carboxylic acid groups (broad SMARTS) is 1. The fraction of sp³-hybridized carbons (Fsp3) is 0.261. The van der Waals surface area contributed by atoms with Crippen LogP contribution in [0.5, 0.6) is 0 Å². The van der Waals surface area contributed by atoms with E-state index < -0.39 is 27.1 Å². The number of rotatable bonds is 7. The van der Waals surface area contributed by atoms with Gasteiger partial charge in [0, 0.05) is 12.6 Å². The van der Waals surface area contributed by atoms with Gasteiger partial charge < -0.3 is 15.2 Å². The quantitative estimate of drug-likeness (QED) is 0.605. The van der Waals surface area contributed by atoms with Crippen molar-refractivity contribution in [1.29, 1.82) is 0 Å². The zero-order valence-corrected chi connectivity index (χ0v) is 17.1. The summed E-state index contributed by atoms with van der Waals surface area (Å²) in [5.74, 6) is -1.36. The van der Waals surface area contributed by atoms with Crippen molar-refractivity contribution >= 4 is 26.6 Å². The second-order valence-electron chi connectivity index (χ2n) is 7.48. The molecule has 0 amide bonds. The van der Waals surface area contributed by atoms with Gasteiger partial charge in [0.15, 0.2) is 15.1 Å². The predicted octanol–water partition coefficient (Wildman–Crippen LogP) is 3.01. The molecule has 0 radical (unpaired) electrons. The Morgan fingerprint density at radius 3 is 2.47 bits per heavy atom. The van der Waals surface area contributed by atoms with Gasteiger partial charge in [-0.05, 0) is 34.9 Å². The van der Waals surface area contributed by atoms with Crippen molar-refractivity contribution in [2.24, 2.45) is 0 Å². The Hall–Kier alpha value is -2.74. The lowest BCUT2D eigenvalue weighted by molar-refractivity contribution is -0.137. The molecule has 3 aromatic rings. The van der Waals surface area contributed by atoms with Crippen molar-refractivity contribution in [3.63, 3.8) is 0 Å². The molecule has 0 spiro atoms. The van der Waals surface area contributed by atoms with E-state index in [2.05, 4.69) is 5.32 Å². The number of hydrogen-bond acceptors (Lipinski definition) is 5. The fourth-order valence-corrected chi connectivity index (χ4v) is 5.64. The monoisotopic (exact) mass is 425 g/mol. The minimum absolute atomic E-state index is 0.0176. The van der Waals surface area contributed by atoms with Crippen LogP contribution in [0.25, 0.3) is 10.8 Å². The second kappa shape index (κ2) is 8.55. The van der Waals surface area contributed by atoms with Crippen molar-refractivity contribution < 1.29 is 23.1 Å². The van der Waals surface area contributed by atoms with Crippen LogP contribution in [-0.2, 0) is 26.0 Å². The van der Waals surface area contributed by atoms with Gasteiger partial charge in [-0.2, -0.15) is 0 Å². The molecule has 1 aliphatic rings. The van der Waals surface area contributed by atoms with Gasteiger partial charge in [-0.25, -0.2) is 8.42 Å². The molecule has 3 unspecified atom stereocenters. The number of carbonyl (C=O) groups is 1. The van der Waals surface area contributed by atoms with Gasteiger partial charge in [0.05, 0.1) is 17.6 Å². The molecule has 0 aliphatic carbocycles. The molecular weight excluding hydrogens is 402 g/mol. The number of aliphatic carboxylic acids is 1. The van der Waals surface area contributed by atoms with Crippen LogP contribution < -0.4 is 5.32 Å². The molecule has 1 aliphatic heterocycles. The topological polar surface area (TPSA) is 92.7 Å². The highest BCUT2D eigenvalue weighted by atomic mass is 32.2. The van der Waals surface area contributed by atoms with Crippen LogP contribution in [0.15, 0.2) is 77.7 Å². The third kappa shape index (κ3) is 4.23. The van der Waals surface area contributed by atoms with Crippen molar-refractivity contribution in [1.82, 2.24) is 5.32 Å². The first kappa shape index (κ1) is 20.5. The molecule has 156 valence electrons. The third-order valence-corrected chi connectivity index (χ3v) is 7.56.